The number of hydrogen-bond donors (Lipinski definition) is 0. The van der Waals surface area contributed by atoms with E-state index in [0.717, 1.165) is 12.1 Å². The van der Waals surface area contributed by atoms with Crippen molar-refractivity contribution in [3.8, 4) is 0 Å². The van der Waals surface area contributed by atoms with E-state index >= 15 is 0 Å². The minimum atomic E-state index is 0.894. The van der Waals surface area contributed by atoms with Crippen LogP contribution in [0.25, 0.3) is 0 Å². The van der Waals surface area contributed by atoms with Gasteiger partial charge in [-0.1, -0.05) is 6.07 Å². The van der Waals surface area contributed by atoms with Crippen LogP contribution in [0.4, 0.5) is 0 Å². The molecule has 0 amide bonds. The van der Waals surface area contributed by atoms with Crippen molar-refractivity contribution in [2.45, 2.75) is 6.42 Å². The van der Waals surface area contributed by atoms with Crippen molar-refractivity contribution in [1.29, 1.82) is 0 Å². The van der Waals surface area contributed by atoms with E-state index in [0.29, 0.717) is 0 Å². The Morgan fingerprint density at radius 1 is 1.33 bits per heavy atom. The van der Waals surface area contributed by atoms with E-state index in [2.05, 4.69) is 9.97 Å². The van der Waals surface area contributed by atoms with Crippen LogP contribution in [0.2, 0.25) is 0 Å². The topological polar surface area (TPSA) is 25.8 Å². The van der Waals surface area contributed by atoms with Gasteiger partial charge < -0.3 is 0 Å². The molecular weight excluding hydrogens is 168 g/mol. The van der Waals surface area contributed by atoms with E-state index < -0.39 is 0 Å². The molecule has 2 aromatic heterocycles. The van der Waals surface area contributed by atoms with Crippen molar-refractivity contribution in [2.75, 3.05) is 0 Å². The molecule has 0 saturated heterocycles. The molecule has 0 aliphatic carbocycles. The van der Waals surface area contributed by atoms with Crippen LogP contribution in [-0.4, -0.2) is 9.97 Å². The molecule has 0 aliphatic rings. The Balaban J connectivity index is 2.15. The molecule has 0 spiro atoms. The molecule has 0 atom stereocenters. The zero-order valence-electron chi connectivity index (χ0n) is 6.47. The first-order valence-electron chi connectivity index (χ1n) is 3.72. The second kappa shape index (κ2) is 3.45. The summed E-state index contributed by atoms with van der Waals surface area (Å²) in [4.78, 5) is 9.50. The van der Waals surface area contributed by atoms with Crippen molar-refractivity contribution >= 4 is 11.3 Å². The summed E-state index contributed by atoms with van der Waals surface area (Å²) in [5, 5.41) is 0. The zero-order valence-corrected chi connectivity index (χ0v) is 7.29. The van der Waals surface area contributed by atoms with Gasteiger partial charge in [0.05, 0.1) is 5.51 Å². The highest BCUT2D eigenvalue weighted by atomic mass is 32.1. The van der Waals surface area contributed by atoms with Crippen molar-refractivity contribution in [3.05, 3.63) is 46.7 Å². The lowest BCUT2D eigenvalue weighted by Crippen LogP contribution is -1.87. The third-order valence-electron chi connectivity index (χ3n) is 1.56. The highest BCUT2D eigenvalue weighted by Crippen LogP contribution is 2.10. The first-order valence-corrected chi connectivity index (χ1v) is 4.60. The predicted octanol–water partition coefficient (Wildman–Crippen LogP) is 2.13. The third kappa shape index (κ3) is 1.68. The molecule has 2 nitrogen and oxygen atoms in total. The normalized spacial score (nSPS) is 10.0. The largest absolute Gasteiger partial charge is 0.261 e. The van der Waals surface area contributed by atoms with E-state index in [-0.39, 0.29) is 0 Å². The summed E-state index contributed by atoms with van der Waals surface area (Å²) in [6, 6.07) is 5.96. The maximum Gasteiger partial charge on any atom is 0.0794 e. The molecule has 3 heteroatoms. The number of pyridine rings is 1. The maximum absolute atomic E-state index is 4.23. The number of nitrogens with zero attached hydrogens (tertiary/aromatic N) is 2. The number of aromatic nitrogens is 2. The molecule has 0 aliphatic heterocycles. The third-order valence-corrected chi connectivity index (χ3v) is 2.34. The molecule has 0 radical (unpaired) electrons. The van der Waals surface area contributed by atoms with Crippen LogP contribution in [0.1, 0.15) is 10.6 Å². The van der Waals surface area contributed by atoms with Crippen molar-refractivity contribution in [2.24, 2.45) is 0 Å². The molecule has 0 saturated carbocycles. The Hall–Kier alpha value is -1.22. The number of rotatable bonds is 2. The van der Waals surface area contributed by atoms with E-state index in [1.165, 1.54) is 4.88 Å². The second-order valence-electron chi connectivity index (χ2n) is 2.47. The maximum atomic E-state index is 4.23. The molecule has 2 heterocycles. The summed E-state index contributed by atoms with van der Waals surface area (Å²) >= 11 is 1.67. The Morgan fingerprint density at radius 3 is 3.00 bits per heavy atom. The standard InChI is InChI=1S/C9H8N2S/c1-2-4-11-8(3-1)5-9-6-10-7-12-9/h1-4,6-7H,5H2. The molecule has 2 aromatic rings. The molecule has 0 N–H and O–H groups in total. The molecular formula is C9H8N2S. The van der Waals surface area contributed by atoms with Gasteiger partial charge in [-0.2, -0.15) is 0 Å². The van der Waals surface area contributed by atoms with Crippen molar-refractivity contribution < 1.29 is 0 Å². The van der Waals surface area contributed by atoms with E-state index in [1.54, 1.807) is 11.3 Å². The monoisotopic (exact) mass is 176 g/mol. The number of thiazole rings is 1. The van der Waals surface area contributed by atoms with E-state index in [1.807, 2.05) is 36.1 Å². The lowest BCUT2D eigenvalue weighted by Gasteiger charge is -1.94. The van der Waals surface area contributed by atoms with Gasteiger partial charge in [0.2, 0.25) is 0 Å². The van der Waals surface area contributed by atoms with Crippen LogP contribution < -0.4 is 0 Å². The van der Waals surface area contributed by atoms with Crippen LogP contribution >= 0.6 is 11.3 Å². The molecule has 0 aromatic carbocycles. The van der Waals surface area contributed by atoms with E-state index in [4.69, 9.17) is 0 Å². The van der Waals surface area contributed by atoms with Gasteiger partial charge in [0.15, 0.2) is 0 Å². The van der Waals surface area contributed by atoms with Gasteiger partial charge in [-0.05, 0) is 12.1 Å². The van der Waals surface area contributed by atoms with Crippen LogP contribution in [0.5, 0.6) is 0 Å². The molecule has 60 valence electrons. The van der Waals surface area contributed by atoms with Gasteiger partial charge in [-0.15, -0.1) is 11.3 Å². The predicted molar refractivity (Wildman–Crippen MR) is 49.2 cm³/mol. The van der Waals surface area contributed by atoms with Gasteiger partial charge in [0, 0.05) is 29.4 Å². The van der Waals surface area contributed by atoms with E-state index in [9.17, 15) is 0 Å². The molecule has 2 rings (SSSR count). The fourth-order valence-corrected chi connectivity index (χ4v) is 1.62. The Labute approximate surface area is 74.9 Å². The average molecular weight is 176 g/mol. The molecule has 0 fully saturated rings. The minimum absolute atomic E-state index is 0.894. The first-order chi connectivity index (χ1) is 5.95. The Bertz CT molecular complexity index is 329. The minimum Gasteiger partial charge on any atom is -0.261 e. The summed E-state index contributed by atoms with van der Waals surface area (Å²) in [5.41, 5.74) is 2.94. The summed E-state index contributed by atoms with van der Waals surface area (Å²) in [6.45, 7) is 0. The average Bonchev–Trinajstić information content (AvgIpc) is 2.59. The van der Waals surface area contributed by atoms with Crippen LogP contribution in [-0.2, 0) is 6.42 Å². The molecule has 12 heavy (non-hydrogen) atoms. The van der Waals surface area contributed by atoms with Crippen LogP contribution in [0, 0.1) is 0 Å². The quantitative estimate of drug-likeness (QED) is 0.700. The highest BCUT2D eigenvalue weighted by molar-refractivity contribution is 7.09. The smallest absolute Gasteiger partial charge is 0.0794 e. The summed E-state index contributed by atoms with van der Waals surface area (Å²) in [5.74, 6) is 0. The van der Waals surface area contributed by atoms with Crippen molar-refractivity contribution in [1.82, 2.24) is 9.97 Å². The van der Waals surface area contributed by atoms with Gasteiger partial charge >= 0.3 is 0 Å². The molecule has 0 unspecified atom stereocenters. The lowest BCUT2D eigenvalue weighted by molar-refractivity contribution is 1.09. The first kappa shape index (κ1) is 7.43. The second-order valence-corrected chi connectivity index (χ2v) is 3.44. The Morgan fingerprint density at radius 2 is 2.33 bits per heavy atom. The van der Waals surface area contributed by atoms with Gasteiger partial charge in [0.1, 0.15) is 0 Å². The number of hydrogen-bond acceptors (Lipinski definition) is 3. The van der Waals surface area contributed by atoms with Crippen LogP contribution in [0.15, 0.2) is 36.1 Å². The summed E-state index contributed by atoms with van der Waals surface area (Å²) in [7, 11) is 0. The Kier molecular flexibility index (Phi) is 2.14. The zero-order chi connectivity index (χ0) is 8.23. The fraction of sp³-hybridized carbons (Fsp3) is 0.111. The lowest BCUT2D eigenvalue weighted by atomic mass is 10.2. The summed E-state index contributed by atoms with van der Waals surface area (Å²) < 4.78 is 0. The van der Waals surface area contributed by atoms with Crippen molar-refractivity contribution in [3.63, 3.8) is 0 Å². The fourth-order valence-electron chi connectivity index (χ4n) is 1.01. The van der Waals surface area contributed by atoms with Crippen LogP contribution in [0.3, 0.4) is 0 Å². The van der Waals surface area contributed by atoms with Gasteiger partial charge in [-0.25, -0.2) is 0 Å². The molecule has 0 bridgehead atoms. The SMILES string of the molecule is c1ccc(Cc2cncs2)nc1. The van der Waals surface area contributed by atoms with Gasteiger partial charge in [0.25, 0.3) is 0 Å². The van der Waals surface area contributed by atoms with Gasteiger partial charge in [-0.3, -0.25) is 9.97 Å². The summed E-state index contributed by atoms with van der Waals surface area (Å²) in [6.07, 6.45) is 4.60. The highest BCUT2D eigenvalue weighted by Gasteiger charge is 1.96.